The molecule has 0 aliphatic rings. The topological polar surface area (TPSA) is 88.8 Å². The van der Waals surface area contributed by atoms with Crippen LogP contribution in [0.3, 0.4) is 0 Å². The number of nitrogens with one attached hydrogen (secondary N) is 1. The van der Waals surface area contributed by atoms with Crippen molar-refractivity contribution in [3.05, 3.63) is 78.3 Å². The molecule has 0 radical (unpaired) electrons. The van der Waals surface area contributed by atoms with Gasteiger partial charge in [-0.05, 0) is 54.1 Å². The number of hydrogen-bond donors (Lipinski definition) is 1. The van der Waals surface area contributed by atoms with Crippen LogP contribution < -0.4 is 10.1 Å². The molecule has 0 bridgehead atoms. The first-order chi connectivity index (χ1) is 13.9. The molecule has 2 aromatic carbocycles. The van der Waals surface area contributed by atoms with Gasteiger partial charge in [-0.1, -0.05) is 12.1 Å². The van der Waals surface area contributed by atoms with Gasteiger partial charge in [0.2, 0.25) is 15.9 Å². The SMILES string of the molecule is COc1ccc(CN(Cc2ccco2)S(=O)(=O)c2ccc(NC(C)=O)cc2)cc1. The fraction of sp³-hybridized carbons (Fsp3) is 0.190. The molecular formula is C21H22N2O5S. The van der Waals surface area contributed by atoms with Gasteiger partial charge in [-0.15, -0.1) is 0 Å². The summed E-state index contributed by atoms with van der Waals surface area (Å²) in [4.78, 5) is 11.3. The van der Waals surface area contributed by atoms with Gasteiger partial charge in [-0.25, -0.2) is 8.42 Å². The minimum atomic E-state index is -3.81. The van der Waals surface area contributed by atoms with Crippen LogP contribution in [0.5, 0.6) is 5.75 Å². The Labute approximate surface area is 170 Å². The summed E-state index contributed by atoms with van der Waals surface area (Å²) in [7, 11) is -2.23. The average Bonchev–Trinajstić information content (AvgIpc) is 3.21. The van der Waals surface area contributed by atoms with Gasteiger partial charge in [0.1, 0.15) is 11.5 Å². The summed E-state index contributed by atoms with van der Waals surface area (Å²) in [6.45, 7) is 1.65. The van der Waals surface area contributed by atoms with Crippen LogP contribution in [0, 0.1) is 0 Å². The molecule has 0 aliphatic heterocycles. The maximum atomic E-state index is 13.3. The van der Waals surface area contributed by atoms with Crippen molar-refractivity contribution >= 4 is 21.6 Å². The van der Waals surface area contributed by atoms with Crippen molar-refractivity contribution in [3.8, 4) is 5.75 Å². The van der Waals surface area contributed by atoms with Gasteiger partial charge in [0.15, 0.2) is 0 Å². The zero-order chi connectivity index (χ0) is 20.9. The lowest BCUT2D eigenvalue weighted by molar-refractivity contribution is -0.114. The number of carbonyl (C=O) groups is 1. The van der Waals surface area contributed by atoms with E-state index in [1.807, 2.05) is 12.1 Å². The van der Waals surface area contributed by atoms with E-state index in [9.17, 15) is 13.2 Å². The lowest BCUT2D eigenvalue weighted by Crippen LogP contribution is -2.30. The van der Waals surface area contributed by atoms with Crippen LogP contribution >= 0.6 is 0 Å². The molecule has 8 heteroatoms. The minimum Gasteiger partial charge on any atom is -0.497 e. The Morgan fingerprint density at radius 1 is 1.03 bits per heavy atom. The third kappa shape index (κ3) is 5.24. The molecule has 0 fully saturated rings. The van der Waals surface area contributed by atoms with Gasteiger partial charge >= 0.3 is 0 Å². The van der Waals surface area contributed by atoms with Crippen molar-refractivity contribution in [1.82, 2.24) is 4.31 Å². The number of amides is 1. The number of sulfonamides is 1. The molecule has 0 saturated heterocycles. The Morgan fingerprint density at radius 3 is 2.28 bits per heavy atom. The molecule has 0 spiro atoms. The van der Waals surface area contributed by atoms with E-state index < -0.39 is 10.0 Å². The Balaban J connectivity index is 1.89. The molecule has 0 atom stereocenters. The zero-order valence-electron chi connectivity index (χ0n) is 16.2. The van der Waals surface area contributed by atoms with Gasteiger partial charge in [0.25, 0.3) is 0 Å². The van der Waals surface area contributed by atoms with Crippen LogP contribution in [-0.4, -0.2) is 25.7 Å². The highest BCUT2D eigenvalue weighted by Crippen LogP contribution is 2.23. The summed E-state index contributed by atoms with van der Waals surface area (Å²) >= 11 is 0. The second kappa shape index (κ2) is 8.93. The highest BCUT2D eigenvalue weighted by atomic mass is 32.2. The standard InChI is InChI=1S/C21H22N2O5S/c1-16(24)22-18-7-11-21(12-8-18)29(25,26)23(15-20-4-3-13-28-20)14-17-5-9-19(27-2)10-6-17/h3-13H,14-15H2,1-2H3,(H,22,24). The van der Waals surface area contributed by atoms with Crippen molar-refractivity contribution in [2.24, 2.45) is 0 Å². The number of carbonyl (C=O) groups excluding carboxylic acids is 1. The average molecular weight is 414 g/mol. The summed E-state index contributed by atoms with van der Waals surface area (Å²) < 4.78 is 38.4. The molecule has 1 heterocycles. The molecular weight excluding hydrogens is 392 g/mol. The van der Waals surface area contributed by atoms with E-state index in [2.05, 4.69) is 5.32 Å². The van der Waals surface area contributed by atoms with Crippen molar-refractivity contribution < 1.29 is 22.4 Å². The Kier molecular flexibility index (Phi) is 6.36. The molecule has 3 rings (SSSR count). The Hall–Kier alpha value is -3.10. The first kappa shape index (κ1) is 20.6. The Bertz CT molecular complexity index is 1040. The van der Waals surface area contributed by atoms with Crippen molar-refractivity contribution in [2.75, 3.05) is 12.4 Å². The van der Waals surface area contributed by atoms with Crippen LogP contribution in [0.4, 0.5) is 5.69 Å². The van der Waals surface area contributed by atoms with Gasteiger partial charge in [-0.3, -0.25) is 4.79 Å². The van der Waals surface area contributed by atoms with E-state index in [1.54, 1.807) is 43.5 Å². The van der Waals surface area contributed by atoms with Crippen molar-refractivity contribution in [2.45, 2.75) is 24.9 Å². The van der Waals surface area contributed by atoms with Gasteiger partial charge in [0, 0.05) is 19.2 Å². The third-order valence-corrected chi connectivity index (χ3v) is 6.05. The molecule has 7 nitrogen and oxygen atoms in total. The molecule has 152 valence electrons. The molecule has 0 unspecified atom stereocenters. The predicted molar refractivity (Wildman–Crippen MR) is 109 cm³/mol. The van der Waals surface area contributed by atoms with Crippen LogP contribution in [-0.2, 0) is 27.9 Å². The summed E-state index contributed by atoms with van der Waals surface area (Å²) in [6.07, 6.45) is 1.51. The lowest BCUT2D eigenvalue weighted by Gasteiger charge is -2.22. The van der Waals surface area contributed by atoms with Crippen molar-refractivity contribution in [3.63, 3.8) is 0 Å². The highest BCUT2D eigenvalue weighted by Gasteiger charge is 2.26. The second-order valence-corrected chi connectivity index (χ2v) is 8.34. The van der Waals surface area contributed by atoms with Crippen LogP contribution in [0.1, 0.15) is 18.2 Å². The maximum absolute atomic E-state index is 13.3. The highest BCUT2D eigenvalue weighted by molar-refractivity contribution is 7.89. The number of anilines is 1. The molecule has 1 N–H and O–H groups in total. The zero-order valence-corrected chi connectivity index (χ0v) is 17.0. The maximum Gasteiger partial charge on any atom is 0.243 e. The number of ether oxygens (including phenoxy) is 1. The number of methoxy groups -OCH3 is 1. The largest absolute Gasteiger partial charge is 0.497 e. The van der Waals surface area contributed by atoms with Gasteiger partial charge in [0.05, 0.1) is 24.8 Å². The molecule has 29 heavy (non-hydrogen) atoms. The summed E-state index contributed by atoms with van der Waals surface area (Å²) in [5, 5.41) is 2.63. The minimum absolute atomic E-state index is 0.0921. The van der Waals surface area contributed by atoms with Gasteiger partial charge < -0.3 is 14.5 Å². The van der Waals surface area contributed by atoms with Crippen molar-refractivity contribution in [1.29, 1.82) is 0 Å². The monoisotopic (exact) mass is 414 g/mol. The first-order valence-corrected chi connectivity index (χ1v) is 10.4. The van der Waals surface area contributed by atoms with E-state index in [0.717, 1.165) is 5.56 Å². The summed E-state index contributed by atoms with van der Waals surface area (Å²) in [5.41, 5.74) is 1.35. The van der Waals surface area contributed by atoms with E-state index in [0.29, 0.717) is 17.2 Å². The van der Waals surface area contributed by atoms with E-state index in [4.69, 9.17) is 9.15 Å². The van der Waals surface area contributed by atoms with Crippen LogP contribution in [0.25, 0.3) is 0 Å². The second-order valence-electron chi connectivity index (χ2n) is 6.41. The Morgan fingerprint density at radius 2 is 1.72 bits per heavy atom. The third-order valence-electron chi connectivity index (χ3n) is 4.24. The predicted octanol–water partition coefficient (Wildman–Crippen LogP) is 3.64. The first-order valence-electron chi connectivity index (χ1n) is 8.91. The number of nitrogens with zero attached hydrogens (tertiary/aromatic N) is 1. The van der Waals surface area contributed by atoms with E-state index >= 15 is 0 Å². The van der Waals surface area contributed by atoms with E-state index in [-0.39, 0.29) is 23.9 Å². The number of rotatable bonds is 8. The summed E-state index contributed by atoms with van der Waals surface area (Å²) in [5.74, 6) is 1.01. The number of hydrogen-bond acceptors (Lipinski definition) is 5. The molecule has 1 amide bonds. The normalized spacial score (nSPS) is 11.4. The molecule has 0 saturated carbocycles. The van der Waals surface area contributed by atoms with Crippen LogP contribution in [0.2, 0.25) is 0 Å². The molecule has 0 aliphatic carbocycles. The molecule has 3 aromatic rings. The molecule has 1 aromatic heterocycles. The van der Waals surface area contributed by atoms with E-state index in [1.165, 1.54) is 29.6 Å². The van der Waals surface area contributed by atoms with Crippen LogP contribution in [0.15, 0.2) is 76.2 Å². The fourth-order valence-electron chi connectivity index (χ4n) is 2.80. The summed E-state index contributed by atoms with van der Waals surface area (Å²) in [6, 6.07) is 16.7. The van der Waals surface area contributed by atoms with Gasteiger partial charge in [-0.2, -0.15) is 4.31 Å². The number of furan rings is 1. The quantitative estimate of drug-likeness (QED) is 0.608. The lowest BCUT2D eigenvalue weighted by atomic mass is 10.2. The fourth-order valence-corrected chi connectivity index (χ4v) is 4.19. The number of benzene rings is 2. The smallest absolute Gasteiger partial charge is 0.243 e.